The van der Waals surface area contributed by atoms with Crippen LogP contribution in [-0.2, 0) is 23.7 Å². The standard InChI is InChI=1S/C24H46N2O7/c1-9-10-11-12-13-19(30-16-14-25-21(28)32-23(3,4)5)18(2)20(27)31-17-15-26-22(29)33-24(6,7)8/h18-19H,9-17H2,1-8H3,(H,25,28)(H,26,29)/t18-,19-/m1/s1. The van der Waals surface area contributed by atoms with Crippen LogP contribution >= 0.6 is 0 Å². The average molecular weight is 475 g/mol. The van der Waals surface area contributed by atoms with Crippen LogP contribution in [0.4, 0.5) is 9.59 Å². The third-order valence-electron chi connectivity index (χ3n) is 4.39. The van der Waals surface area contributed by atoms with Gasteiger partial charge in [0.2, 0.25) is 0 Å². The van der Waals surface area contributed by atoms with E-state index in [2.05, 4.69) is 17.6 Å². The minimum Gasteiger partial charge on any atom is -0.464 e. The summed E-state index contributed by atoms with van der Waals surface area (Å²) in [6.45, 7) is 15.4. The number of unbranched alkanes of at least 4 members (excludes halogenated alkanes) is 3. The molecule has 0 aliphatic carbocycles. The van der Waals surface area contributed by atoms with Gasteiger partial charge in [-0.15, -0.1) is 0 Å². The van der Waals surface area contributed by atoms with Gasteiger partial charge in [0.1, 0.15) is 17.8 Å². The molecule has 0 aliphatic heterocycles. The fraction of sp³-hybridized carbons (Fsp3) is 0.875. The summed E-state index contributed by atoms with van der Waals surface area (Å²) in [5.41, 5.74) is -1.15. The number of carbonyl (C=O) groups is 3. The maximum atomic E-state index is 12.5. The first-order valence-electron chi connectivity index (χ1n) is 12.0. The molecule has 0 heterocycles. The van der Waals surface area contributed by atoms with Gasteiger partial charge in [-0.05, 0) is 54.9 Å². The van der Waals surface area contributed by atoms with Gasteiger partial charge in [-0.3, -0.25) is 4.79 Å². The van der Waals surface area contributed by atoms with Crippen molar-refractivity contribution < 1.29 is 33.3 Å². The maximum Gasteiger partial charge on any atom is 0.407 e. The number of ether oxygens (including phenoxy) is 4. The summed E-state index contributed by atoms with van der Waals surface area (Å²) in [6.07, 6.45) is 3.59. The molecule has 0 unspecified atom stereocenters. The minimum atomic E-state index is -0.587. The SMILES string of the molecule is CCCCCC[C@@H](OCCNC(=O)OC(C)(C)C)[C@@H](C)C(=O)OCCNC(=O)OC(C)(C)C. The second-order valence-electron chi connectivity index (χ2n) is 10.1. The molecule has 194 valence electrons. The molecule has 2 amide bonds. The highest BCUT2D eigenvalue weighted by Crippen LogP contribution is 2.18. The highest BCUT2D eigenvalue weighted by Gasteiger charge is 2.26. The van der Waals surface area contributed by atoms with E-state index in [1.165, 1.54) is 0 Å². The first-order valence-corrected chi connectivity index (χ1v) is 12.0. The molecular weight excluding hydrogens is 428 g/mol. The normalized spacial score (nSPS) is 13.6. The Hall–Kier alpha value is -2.03. The monoisotopic (exact) mass is 474 g/mol. The van der Waals surface area contributed by atoms with Crippen LogP contribution in [-0.4, -0.2) is 61.8 Å². The number of alkyl carbamates (subject to hydrolysis) is 2. The minimum absolute atomic E-state index is 0.0468. The Labute approximate surface area is 199 Å². The third kappa shape index (κ3) is 18.1. The predicted octanol–water partition coefficient (Wildman–Crippen LogP) is 4.57. The first kappa shape index (κ1) is 31.0. The summed E-state index contributed by atoms with van der Waals surface area (Å²) < 4.78 is 21.6. The van der Waals surface area contributed by atoms with Gasteiger partial charge in [-0.1, -0.05) is 32.6 Å². The van der Waals surface area contributed by atoms with Crippen molar-refractivity contribution in [1.29, 1.82) is 0 Å². The second kappa shape index (κ2) is 15.7. The van der Waals surface area contributed by atoms with E-state index in [-0.39, 0.29) is 38.4 Å². The van der Waals surface area contributed by atoms with E-state index in [9.17, 15) is 14.4 Å². The van der Waals surface area contributed by atoms with Crippen molar-refractivity contribution in [3.8, 4) is 0 Å². The van der Waals surface area contributed by atoms with Gasteiger partial charge < -0.3 is 29.6 Å². The topological polar surface area (TPSA) is 112 Å². The highest BCUT2D eigenvalue weighted by atomic mass is 16.6. The predicted molar refractivity (Wildman–Crippen MR) is 127 cm³/mol. The Balaban J connectivity index is 4.51. The number of esters is 1. The smallest absolute Gasteiger partial charge is 0.407 e. The highest BCUT2D eigenvalue weighted by molar-refractivity contribution is 5.73. The maximum absolute atomic E-state index is 12.5. The lowest BCUT2D eigenvalue weighted by Gasteiger charge is -2.24. The molecule has 0 radical (unpaired) electrons. The van der Waals surface area contributed by atoms with Gasteiger partial charge in [0.25, 0.3) is 0 Å². The fourth-order valence-electron chi connectivity index (χ4n) is 2.83. The summed E-state index contributed by atoms with van der Waals surface area (Å²) in [5, 5.41) is 5.21. The summed E-state index contributed by atoms with van der Waals surface area (Å²) in [6, 6.07) is 0. The fourth-order valence-corrected chi connectivity index (χ4v) is 2.83. The molecule has 0 aliphatic rings. The molecule has 9 nitrogen and oxygen atoms in total. The molecule has 0 aromatic carbocycles. The Morgan fingerprint density at radius 2 is 1.30 bits per heavy atom. The van der Waals surface area contributed by atoms with E-state index < -0.39 is 29.3 Å². The van der Waals surface area contributed by atoms with Crippen LogP contribution in [0.1, 0.15) is 87.5 Å². The van der Waals surface area contributed by atoms with Gasteiger partial charge in [0.15, 0.2) is 0 Å². The molecule has 0 aromatic heterocycles. The number of hydrogen-bond donors (Lipinski definition) is 2. The number of nitrogens with one attached hydrogen (secondary N) is 2. The van der Waals surface area contributed by atoms with Gasteiger partial charge in [0.05, 0.1) is 25.2 Å². The molecule has 0 spiro atoms. The van der Waals surface area contributed by atoms with Crippen molar-refractivity contribution in [1.82, 2.24) is 10.6 Å². The zero-order chi connectivity index (χ0) is 25.5. The lowest BCUT2D eigenvalue weighted by atomic mass is 9.98. The number of amides is 2. The van der Waals surface area contributed by atoms with E-state index in [0.717, 1.165) is 32.1 Å². The largest absolute Gasteiger partial charge is 0.464 e. The van der Waals surface area contributed by atoms with Crippen LogP contribution in [0.15, 0.2) is 0 Å². The molecule has 9 heteroatoms. The van der Waals surface area contributed by atoms with Gasteiger partial charge >= 0.3 is 18.2 Å². The van der Waals surface area contributed by atoms with Gasteiger partial charge in [0, 0.05) is 6.54 Å². The summed E-state index contributed by atoms with van der Waals surface area (Å²) >= 11 is 0. The zero-order valence-electron chi connectivity index (χ0n) is 21.9. The molecule has 33 heavy (non-hydrogen) atoms. The molecule has 2 atom stereocenters. The number of hydrogen-bond acceptors (Lipinski definition) is 7. The van der Waals surface area contributed by atoms with Gasteiger partial charge in [-0.2, -0.15) is 0 Å². The zero-order valence-corrected chi connectivity index (χ0v) is 21.9. The average Bonchev–Trinajstić information content (AvgIpc) is 2.66. The summed E-state index contributed by atoms with van der Waals surface area (Å²) in [4.78, 5) is 35.9. The molecule has 2 N–H and O–H groups in total. The molecule has 0 saturated carbocycles. The second-order valence-corrected chi connectivity index (χ2v) is 10.1. The summed E-state index contributed by atoms with van der Waals surface area (Å²) in [7, 11) is 0. The van der Waals surface area contributed by atoms with Crippen molar-refractivity contribution in [2.45, 2.75) is 105 Å². The Morgan fingerprint density at radius 3 is 1.79 bits per heavy atom. The summed E-state index contributed by atoms with van der Waals surface area (Å²) in [5.74, 6) is -0.865. The van der Waals surface area contributed by atoms with Crippen molar-refractivity contribution in [3.63, 3.8) is 0 Å². The van der Waals surface area contributed by atoms with Crippen LogP contribution in [0, 0.1) is 5.92 Å². The van der Waals surface area contributed by atoms with Crippen LogP contribution in [0.25, 0.3) is 0 Å². The van der Waals surface area contributed by atoms with Crippen molar-refractivity contribution in [2.75, 3.05) is 26.3 Å². The quantitative estimate of drug-likeness (QED) is 0.215. The number of rotatable bonds is 14. The van der Waals surface area contributed by atoms with E-state index >= 15 is 0 Å². The Morgan fingerprint density at radius 1 is 0.788 bits per heavy atom. The third-order valence-corrected chi connectivity index (χ3v) is 4.39. The molecule has 0 aromatic rings. The van der Waals surface area contributed by atoms with Crippen LogP contribution in [0.3, 0.4) is 0 Å². The van der Waals surface area contributed by atoms with Crippen molar-refractivity contribution >= 4 is 18.2 Å². The van der Waals surface area contributed by atoms with Crippen LogP contribution in [0.2, 0.25) is 0 Å². The van der Waals surface area contributed by atoms with E-state index in [4.69, 9.17) is 18.9 Å². The first-order chi connectivity index (χ1) is 15.2. The van der Waals surface area contributed by atoms with Crippen LogP contribution < -0.4 is 10.6 Å². The van der Waals surface area contributed by atoms with E-state index in [1.54, 1.807) is 48.5 Å². The van der Waals surface area contributed by atoms with E-state index in [0.29, 0.717) is 0 Å². The Bertz CT molecular complexity index is 582. The van der Waals surface area contributed by atoms with Crippen LogP contribution in [0.5, 0.6) is 0 Å². The molecular formula is C24H46N2O7. The van der Waals surface area contributed by atoms with E-state index in [1.807, 2.05) is 0 Å². The van der Waals surface area contributed by atoms with Crippen molar-refractivity contribution in [3.05, 3.63) is 0 Å². The lowest BCUT2D eigenvalue weighted by Crippen LogP contribution is -2.37. The molecule has 0 saturated heterocycles. The molecule has 0 bridgehead atoms. The molecule has 0 rings (SSSR count). The number of carbonyl (C=O) groups excluding carboxylic acids is 3. The lowest BCUT2D eigenvalue weighted by molar-refractivity contribution is -0.153. The Kier molecular flexibility index (Phi) is 14.8. The van der Waals surface area contributed by atoms with Gasteiger partial charge in [-0.25, -0.2) is 9.59 Å². The molecule has 0 fully saturated rings. The van der Waals surface area contributed by atoms with Crippen molar-refractivity contribution in [2.24, 2.45) is 5.92 Å².